The van der Waals surface area contributed by atoms with Crippen molar-refractivity contribution in [2.24, 2.45) is 0 Å². The summed E-state index contributed by atoms with van der Waals surface area (Å²) in [5.74, 6) is 0.207. The lowest BCUT2D eigenvalue weighted by atomic mass is 10.1. The van der Waals surface area contributed by atoms with E-state index >= 15 is 0 Å². The molecule has 8 heteroatoms. The van der Waals surface area contributed by atoms with E-state index in [1.165, 1.54) is 12.1 Å². The first-order valence-corrected chi connectivity index (χ1v) is 6.33. The Balaban J connectivity index is 2.59. The number of nitro groups is 1. The van der Waals surface area contributed by atoms with Gasteiger partial charge in [0.05, 0.1) is 4.92 Å². The lowest BCUT2D eigenvalue weighted by Crippen LogP contribution is -2.41. The molecule has 0 saturated carbocycles. The van der Waals surface area contributed by atoms with Crippen molar-refractivity contribution < 1.29 is 9.72 Å². The molecule has 2 N–H and O–H groups in total. The molecule has 0 atom stereocenters. The second-order valence-corrected chi connectivity index (χ2v) is 5.41. The molecule has 0 bridgehead atoms. The van der Waals surface area contributed by atoms with Gasteiger partial charge in [-0.25, -0.2) is 4.98 Å². The van der Waals surface area contributed by atoms with Crippen LogP contribution in [-0.4, -0.2) is 27.9 Å². The second-order valence-electron chi connectivity index (χ2n) is 5.41. The van der Waals surface area contributed by atoms with E-state index in [0.29, 0.717) is 12.4 Å². The van der Waals surface area contributed by atoms with Crippen LogP contribution in [0.1, 0.15) is 32.9 Å². The summed E-state index contributed by atoms with van der Waals surface area (Å²) in [4.78, 5) is 25.4. The van der Waals surface area contributed by atoms with E-state index < -0.39 is 4.92 Å². The van der Waals surface area contributed by atoms with Crippen LogP contribution < -0.4 is 10.6 Å². The Morgan fingerprint density at radius 2 is 2.14 bits per heavy atom. The molecule has 0 fully saturated rings. The quantitative estimate of drug-likeness (QED) is 0.627. The maximum atomic E-state index is 11.6. The van der Waals surface area contributed by atoms with Crippen molar-refractivity contribution in [1.29, 1.82) is 5.26 Å². The Labute approximate surface area is 122 Å². The summed E-state index contributed by atoms with van der Waals surface area (Å²) in [6.07, 6.45) is 0.234. The van der Waals surface area contributed by atoms with Gasteiger partial charge in [-0.1, -0.05) is 0 Å². The predicted octanol–water partition coefficient (Wildman–Crippen LogP) is 1.58. The van der Waals surface area contributed by atoms with Gasteiger partial charge < -0.3 is 10.6 Å². The summed E-state index contributed by atoms with van der Waals surface area (Å²) < 4.78 is 0. The molecule has 0 saturated heterocycles. The first kappa shape index (κ1) is 16.4. The summed E-state index contributed by atoms with van der Waals surface area (Å²) in [5, 5.41) is 25.2. The molecule has 0 unspecified atom stereocenters. The molecule has 1 rings (SSSR count). The number of hydrogen-bond acceptors (Lipinski definition) is 6. The Kier molecular flexibility index (Phi) is 5.18. The smallest absolute Gasteiger partial charge is 0.305 e. The molecule has 21 heavy (non-hydrogen) atoms. The molecule has 0 aromatic carbocycles. The zero-order valence-corrected chi connectivity index (χ0v) is 12.1. The van der Waals surface area contributed by atoms with Gasteiger partial charge >= 0.3 is 5.69 Å². The SMILES string of the molecule is CC(C)(C)NC(=O)CCNc1ccc([N+](=O)[O-])c(C#N)n1. The standard InChI is InChI=1S/C13H17N5O3/c1-13(2,3)17-12(19)6-7-15-11-5-4-10(18(20)21)9(8-14)16-11/h4-5H,6-7H2,1-3H3,(H,15,16)(H,17,19). The van der Waals surface area contributed by atoms with Crippen molar-refractivity contribution in [3.05, 3.63) is 27.9 Å². The fourth-order valence-electron chi connectivity index (χ4n) is 1.56. The molecular weight excluding hydrogens is 274 g/mol. The minimum atomic E-state index is -0.661. The average molecular weight is 291 g/mol. The molecule has 1 aromatic heterocycles. The summed E-state index contributed by atoms with van der Waals surface area (Å²) in [6, 6.07) is 4.29. The van der Waals surface area contributed by atoms with Crippen molar-refractivity contribution in [1.82, 2.24) is 10.3 Å². The molecule has 0 aliphatic carbocycles. The highest BCUT2D eigenvalue weighted by atomic mass is 16.6. The Bertz CT molecular complexity index is 586. The number of nitrogens with zero attached hydrogens (tertiary/aromatic N) is 3. The molecule has 0 aliphatic rings. The first-order valence-electron chi connectivity index (χ1n) is 6.33. The molecular formula is C13H17N5O3. The van der Waals surface area contributed by atoms with Crippen LogP contribution in [0, 0.1) is 21.4 Å². The molecule has 1 amide bonds. The lowest BCUT2D eigenvalue weighted by Gasteiger charge is -2.20. The van der Waals surface area contributed by atoms with Gasteiger partial charge in [0.1, 0.15) is 11.9 Å². The fraction of sp³-hybridized carbons (Fsp3) is 0.462. The van der Waals surface area contributed by atoms with Gasteiger partial charge in [0.15, 0.2) is 0 Å². The maximum Gasteiger partial charge on any atom is 0.305 e. The van der Waals surface area contributed by atoms with Crippen LogP contribution in [-0.2, 0) is 4.79 Å². The van der Waals surface area contributed by atoms with Crippen molar-refractivity contribution in [2.75, 3.05) is 11.9 Å². The van der Waals surface area contributed by atoms with Gasteiger partial charge in [0, 0.05) is 24.6 Å². The van der Waals surface area contributed by atoms with E-state index in [0.717, 1.165) is 0 Å². The van der Waals surface area contributed by atoms with E-state index in [4.69, 9.17) is 5.26 Å². The maximum absolute atomic E-state index is 11.6. The van der Waals surface area contributed by atoms with Crippen LogP contribution >= 0.6 is 0 Å². The highest BCUT2D eigenvalue weighted by Gasteiger charge is 2.16. The van der Waals surface area contributed by atoms with E-state index in [-0.39, 0.29) is 29.2 Å². The number of carbonyl (C=O) groups is 1. The number of amides is 1. The summed E-state index contributed by atoms with van der Waals surface area (Å²) in [5.41, 5.74) is -0.894. The number of nitrogens with one attached hydrogen (secondary N) is 2. The van der Waals surface area contributed by atoms with Crippen molar-refractivity contribution in [2.45, 2.75) is 32.7 Å². The fourth-order valence-corrected chi connectivity index (χ4v) is 1.56. The summed E-state index contributed by atoms with van der Waals surface area (Å²) >= 11 is 0. The zero-order valence-electron chi connectivity index (χ0n) is 12.1. The molecule has 0 radical (unpaired) electrons. The van der Waals surface area contributed by atoms with Gasteiger partial charge in [-0.2, -0.15) is 5.26 Å². The van der Waals surface area contributed by atoms with Crippen LogP contribution in [0.25, 0.3) is 0 Å². The van der Waals surface area contributed by atoms with Gasteiger partial charge in [-0.3, -0.25) is 14.9 Å². The second kappa shape index (κ2) is 6.65. The number of pyridine rings is 1. The Morgan fingerprint density at radius 1 is 1.48 bits per heavy atom. The Hall–Kier alpha value is -2.69. The number of anilines is 1. The minimum absolute atomic E-state index is 0.114. The average Bonchev–Trinajstić information content (AvgIpc) is 2.36. The van der Waals surface area contributed by atoms with E-state index in [2.05, 4.69) is 15.6 Å². The summed E-state index contributed by atoms with van der Waals surface area (Å²) in [7, 11) is 0. The van der Waals surface area contributed by atoms with Crippen molar-refractivity contribution in [3.8, 4) is 6.07 Å². The molecule has 1 heterocycles. The van der Waals surface area contributed by atoms with E-state index in [1.807, 2.05) is 20.8 Å². The first-order chi connectivity index (χ1) is 9.73. The normalized spacial score (nSPS) is 10.6. The van der Waals surface area contributed by atoms with Crippen LogP contribution in [0.15, 0.2) is 12.1 Å². The minimum Gasteiger partial charge on any atom is -0.370 e. The van der Waals surface area contributed by atoms with E-state index in [1.54, 1.807) is 6.07 Å². The van der Waals surface area contributed by atoms with Gasteiger partial charge in [0.2, 0.25) is 11.6 Å². The number of rotatable bonds is 5. The number of aromatic nitrogens is 1. The molecule has 0 spiro atoms. The molecule has 8 nitrogen and oxygen atoms in total. The molecule has 112 valence electrons. The van der Waals surface area contributed by atoms with Gasteiger partial charge in [0.25, 0.3) is 0 Å². The predicted molar refractivity (Wildman–Crippen MR) is 76.6 cm³/mol. The monoisotopic (exact) mass is 291 g/mol. The third kappa shape index (κ3) is 5.44. The number of nitriles is 1. The zero-order chi connectivity index (χ0) is 16.0. The third-order valence-electron chi connectivity index (χ3n) is 2.35. The van der Waals surface area contributed by atoms with E-state index in [9.17, 15) is 14.9 Å². The van der Waals surface area contributed by atoms with Crippen molar-refractivity contribution in [3.63, 3.8) is 0 Å². The van der Waals surface area contributed by atoms with Crippen LogP contribution in [0.2, 0.25) is 0 Å². The molecule has 0 aliphatic heterocycles. The Morgan fingerprint density at radius 3 is 2.67 bits per heavy atom. The topological polar surface area (TPSA) is 121 Å². The van der Waals surface area contributed by atoms with Gasteiger partial charge in [-0.05, 0) is 26.8 Å². The van der Waals surface area contributed by atoms with Gasteiger partial charge in [-0.15, -0.1) is 0 Å². The number of hydrogen-bond donors (Lipinski definition) is 2. The lowest BCUT2D eigenvalue weighted by molar-refractivity contribution is -0.385. The van der Waals surface area contributed by atoms with Crippen LogP contribution in [0.5, 0.6) is 0 Å². The largest absolute Gasteiger partial charge is 0.370 e. The van der Waals surface area contributed by atoms with Crippen LogP contribution in [0.4, 0.5) is 11.5 Å². The summed E-state index contributed by atoms with van der Waals surface area (Å²) in [6.45, 7) is 5.97. The van der Waals surface area contributed by atoms with Crippen LogP contribution in [0.3, 0.4) is 0 Å². The molecule has 1 aromatic rings. The van der Waals surface area contributed by atoms with Crippen molar-refractivity contribution >= 4 is 17.4 Å². The third-order valence-corrected chi connectivity index (χ3v) is 2.35. The highest BCUT2D eigenvalue weighted by molar-refractivity contribution is 5.77. The number of carbonyl (C=O) groups excluding carboxylic acids is 1. The highest BCUT2D eigenvalue weighted by Crippen LogP contribution is 2.17.